The molecule has 0 saturated heterocycles. The average molecular weight is 393 g/mol. The van der Waals surface area contributed by atoms with E-state index in [1.54, 1.807) is 0 Å². The Morgan fingerprint density at radius 3 is 2.54 bits per heavy atom. The number of carbonyl (C=O) groups excluding carboxylic acids is 1. The van der Waals surface area contributed by atoms with Crippen molar-refractivity contribution in [2.45, 2.75) is 6.92 Å². The van der Waals surface area contributed by atoms with Crippen molar-refractivity contribution in [3.63, 3.8) is 0 Å². The monoisotopic (exact) mass is 392 g/mol. The summed E-state index contributed by atoms with van der Waals surface area (Å²) in [5, 5.41) is 5.92. The molecule has 2 aromatic rings. The molecule has 5 nitrogen and oxygen atoms in total. The average Bonchev–Trinajstić information content (AvgIpc) is 2.60. The van der Waals surface area contributed by atoms with Crippen LogP contribution in [0.1, 0.15) is 6.92 Å². The SMILES string of the molecule is CCOCCOc1ccc(NCC(=O)Nc2ccccc2Br)cc1. The van der Waals surface area contributed by atoms with Gasteiger partial charge in [-0.05, 0) is 59.3 Å². The second kappa shape index (κ2) is 9.95. The molecule has 0 aliphatic rings. The van der Waals surface area contributed by atoms with Gasteiger partial charge >= 0.3 is 0 Å². The Morgan fingerprint density at radius 2 is 1.83 bits per heavy atom. The number of nitrogens with one attached hydrogen (secondary N) is 2. The van der Waals surface area contributed by atoms with Crippen molar-refractivity contribution < 1.29 is 14.3 Å². The lowest BCUT2D eigenvalue weighted by Gasteiger charge is -2.10. The highest BCUT2D eigenvalue weighted by molar-refractivity contribution is 9.10. The van der Waals surface area contributed by atoms with Crippen LogP contribution in [0.15, 0.2) is 53.0 Å². The summed E-state index contributed by atoms with van der Waals surface area (Å²) in [4.78, 5) is 12.0. The molecule has 0 atom stereocenters. The number of halogens is 1. The second-order valence-electron chi connectivity index (χ2n) is 4.95. The zero-order valence-electron chi connectivity index (χ0n) is 13.5. The zero-order chi connectivity index (χ0) is 17.2. The molecule has 2 N–H and O–H groups in total. The summed E-state index contributed by atoms with van der Waals surface area (Å²) in [5.41, 5.74) is 1.61. The smallest absolute Gasteiger partial charge is 0.243 e. The lowest BCUT2D eigenvalue weighted by atomic mass is 10.3. The number of hydrogen-bond donors (Lipinski definition) is 2. The van der Waals surface area contributed by atoms with E-state index >= 15 is 0 Å². The fraction of sp³-hybridized carbons (Fsp3) is 0.278. The van der Waals surface area contributed by atoms with Crippen LogP contribution in [0, 0.1) is 0 Å². The van der Waals surface area contributed by atoms with Gasteiger partial charge in [0.1, 0.15) is 12.4 Å². The fourth-order valence-electron chi connectivity index (χ4n) is 1.97. The molecule has 0 aliphatic heterocycles. The van der Waals surface area contributed by atoms with E-state index in [0.29, 0.717) is 19.8 Å². The third kappa shape index (κ3) is 6.22. The maximum atomic E-state index is 12.0. The van der Waals surface area contributed by atoms with Crippen molar-refractivity contribution in [1.82, 2.24) is 0 Å². The quantitative estimate of drug-likeness (QED) is 0.635. The lowest BCUT2D eigenvalue weighted by molar-refractivity contribution is -0.114. The Hall–Kier alpha value is -2.05. The Bertz CT molecular complexity index is 647. The van der Waals surface area contributed by atoms with Crippen LogP contribution in [0.25, 0.3) is 0 Å². The van der Waals surface area contributed by atoms with Crippen LogP contribution < -0.4 is 15.4 Å². The largest absolute Gasteiger partial charge is 0.491 e. The third-order valence-corrected chi connectivity index (χ3v) is 3.85. The predicted octanol–water partition coefficient (Wildman–Crippen LogP) is 3.92. The van der Waals surface area contributed by atoms with Crippen LogP contribution in [0.2, 0.25) is 0 Å². The van der Waals surface area contributed by atoms with Gasteiger partial charge in [-0.25, -0.2) is 0 Å². The summed E-state index contributed by atoms with van der Waals surface area (Å²) in [6.07, 6.45) is 0. The summed E-state index contributed by atoms with van der Waals surface area (Å²) in [5.74, 6) is 0.664. The Morgan fingerprint density at radius 1 is 1.08 bits per heavy atom. The van der Waals surface area contributed by atoms with Gasteiger partial charge in [0.15, 0.2) is 0 Å². The molecular weight excluding hydrogens is 372 g/mol. The minimum Gasteiger partial charge on any atom is -0.491 e. The van der Waals surface area contributed by atoms with Gasteiger partial charge in [-0.15, -0.1) is 0 Å². The summed E-state index contributed by atoms with van der Waals surface area (Å²) in [6.45, 7) is 3.92. The van der Waals surface area contributed by atoms with Crippen LogP contribution in [0.3, 0.4) is 0 Å². The number of amides is 1. The van der Waals surface area contributed by atoms with Gasteiger partial charge in [-0.2, -0.15) is 0 Å². The zero-order valence-corrected chi connectivity index (χ0v) is 15.1. The molecule has 0 radical (unpaired) electrons. The molecule has 2 aromatic carbocycles. The number of rotatable bonds is 9. The van der Waals surface area contributed by atoms with Gasteiger partial charge in [0.2, 0.25) is 5.91 Å². The number of para-hydroxylation sites is 1. The molecule has 0 bridgehead atoms. The van der Waals surface area contributed by atoms with E-state index in [1.165, 1.54) is 0 Å². The summed E-state index contributed by atoms with van der Waals surface area (Å²) >= 11 is 3.40. The maximum absolute atomic E-state index is 12.0. The topological polar surface area (TPSA) is 59.6 Å². The Balaban J connectivity index is 1.75. The summed E-state index contributed by atoms with van der Waals surface area (Å²) in [7, 11) is 0. The molecule has 1 amide bonds. The second-order valence-corrected chi connectivity index (χ2v) is 5.81. The van der Waals surface area contributed by atoms with Crippen LogP contribution in [-0.4, -0.2) is 32.3 Å². The van der Waals surface area contributed by atoms with Crippen molar-refractivity contribution >= 4 is 33.2 Å². The van der Waals surface area contributed by atoms with Crippen LogP contribution in [0.4, 0.5) is 11.4 Å². The minimum atomic E-state index is -0.112. The van der Waals surface area contributed by atoms with Gasteiger partial charge in [0.05, 0.1) is 18.8 Å². The first-order valence-corrected chi connectivity index (χ1v) is 8.57. The summed E-state index contributed by atoms with van der Waals surface area (Å²) < 4.78 is 11.6. The first-order valence-electron chi connectivity index (χ1n) is 7.78. The molecule has 0 spiro atoms. The molecule has 0 heterocycles. The molecule has 0 fully saturated rings. The van der Waals surface area contributed by atoms with Crippen LogP contribution in [0.5, 0.6) is 5.75 Å². The molecule has 128 valence electrons. The fourth-order valence-corrected chi connectivity index (χ4v) is 2.36. The summed E-state index contributed by atoms with van der Waals surface area (Å²) in [6, 6.07) is 15.0. The number of ether oxygens (including phenoxy) is 2. The van der Waals surface area contributed by atoms with Crippen LogP contribution in [-0.2, 0) is 9.53 Å². The van der Waals surface area contributed by atoms with Crippen molar-refractivity contribution in [2.75, 3.05) is 37.0 Å². The number of benzene rings is 2. The number of hydrogen-bond acceptors (Lipinski definition) is 4. The van der Waals surface area contributed by atoms with Crippen molar-refractivity contribution in [3.8, 4) is 5.75 Å². The molecular formula is C18H21BrN2O3. The minimum absolute atomic E-state index is 0.112. The van der Waals surface area contributed by atoms with Crippen molar-refractivity contribution in [2.24, 2.45) is 0 Å². The highest BCUT2D eigenvalue weighted by Gasteiger charge is 2.05. The van der Waals surface area contributed by atoms with E-state index < -0.39 is 0 Å². The van der Waals surface area contributed by atoms with Gasteiger partial charge in [-0.3, -0.25) is 4.79 Å². The molecule has 6 heteroatoms. The Labute approximate surface area is 150 Å². The van der Waals surface area contributed by atoms with E-state index in [2.05, 4.69) is 26.6 Å². The van der Waals surface area contributed by atoms with Gasteiger partial charge in [-0.1, -0.05) is 12.1 Å². The molecule has 24 heavy (non-hydrogen) atoms. The highest BCUT2D eigenvalue weighted by Crippen LogP contribution is 2.21. The normalized spacial score (nSPS) is 10.2. The maximum Gasteiger partial charge on any atom is 0.243 e. The molecule has 0 unspecified atom stereocenters. The number of carbonyl (C=O) groups is 1. The van der Waals surface area contributed by atoms with Gasteiger partial charge in [0.25, 0.3) is 0 Å². The first kappa shape index (κ1) is 18.3. The van der Waals surface area contributed by atoms with Crippen molar-refractivity contribution in [1.29, 1.82) is 0 Å². The lowest BCUT2D eigenvalue weighted by Crippen LogP contribution is -2.21. The van der Waals surface area contributed by atoms with Crippen molar-refractivity contribution in [3.05, 3.63) is 53.0 Å². The molecule has 0 aliphatic carbocycles. The molecule has 0 saturated carbocycles. The van der Waals surface area contributed by atoms with E-state index in [9.17, 15) is 4.79 Å². The third-order valence-electron chi connectivity index (χ3n) is 3.16. The standard InChI is InChI=1S/C18H21BrN2O3/c1-2-23-11-12-24-15-9-7-14(8-10-15)20-13-18(22)21-17-6-4-3-5-16(17)19/h3-10,20H,2,11-13H2,1H3,(H,21,22). The van der Waals surface area contributed by atoms with E-state index in [1.807, 2.05) is 55.5 Å². The molecule has 0 aromatic heterocycles. The van der Waals surface area contributed by atoms with Gasteiger partial charge in [0, 0.05) is 16.8 Å². The van der Waals surface area contributed by atoms with E-state index in [4.69, 9.17) is 9.47 Å². The highest BCUT2D eigenvalue weighted by atomic mass is 79.9. The first-order chi connectivity index (χ1) is 11.7. The van der Waals surface area contributed by atoms with Crippen LogP contribution >= 0.6 is 15.9 Å². The predicted molar refractivity (Wildman–Crippen MR) is 99.7 cm³/mol. The Kier molecular flexibility index (Phi) is 7.58. The number of anilines is 2. The van der Waals surface area contributed by atoms with E-state index in [0.717, 1.165) is 21.6 Å². The van der Waals surface area contributed by atoms with Gasteiger partial charge < -0.3 is 20.1 Å². The van der Waals surface area contributed by atoms with E-state index in [-0.39, 0.29) is 12.5 Å². The molecule has 2 rings (SSSR count).